The van der Waals surface area contributed by atoms with Crippen LogP contribution in [-0.4, -0.2) is 30.1 Å². The Morgan fingerprint density at radius 3 is 2.56 bits per heavy atom. The van der Waals surface area contributed by atoms with Gasteiger partial charge in [-0.25, -0.2) is 0 Å². The van der Waals surface area contributed by atoms with Crippen molar-refractivity contribution in [2.75, 3.05) is 13.2 Å². The zero-order chi connectivity index (χ0) is 17.7. The third kappa shape index (κ3) is 4.26. The molecular weight excluding hydrogens is 312 g/mol. The predicted octanol–water partition coefficient (Wildman–Crippen LogP) is 3.61. The minimum atomic E-state index is -0.376. The molecule has 4 nitrogen and oxygen atoms in total. The highest BCUT2D eigenvalue weighted by atomic mass is 16.5. The Kier molecular flexibility index (Phi) is 5.49. The van der Waals surface area contributed by atoms with Crippen molar-refractivity contribution in [2.24, 2.45) is 5.41 Å². The standard InChI is InChI=1S/C21H26N2O2/c1-16(2)23-20(24)21(8-12-25-13-9-21)15-17-4-3-5-19(14-17)18-6-10-22-11-7-18/h3-7,10-11,14,16H,8-9,12-13,15H2,1-2H3,(H,23,24). The number of carbonyl (C=O) groups is 1. The second kappa shape index (κ2) is 7.79. The molecule has 1 amide bonds. The molecule has 4 heteroatoms. The van der Waals surface area contributed by atoms with E-state index in [9.17, 15) is 4.79 Å². The average Bonchev–Trinajstić information content (AvgIpc) is 2.63. The number of nitrogens with one attached hydrogen (secondary N) is 1. The van der Waals surface area contributed by atoms with E-state index < -0.39 is 0 Å². The summed E-state index contributed by atoms with van der Waals surface area (Å²) in [5.41, 5.74) is 3.12. The van der Waals surface area contributed by atoms with Crippen LogP contribution in [0.1, 0.15) is 32.3 Å². The fourth-order valence-electron chi connectivity index (χ4n) is 3.46. The van der Waals surface area contributed by atoms with E-state index >= 15 is 0 Å². The predicted molar refractivity (Wildman–Crippen MR) is 99.1 cm³/mol. The van der Waals surface area contributed by atoms with Crippen LogP contribution in [0.3, 0.4) is 0 Å². The molecule has 132 valence electrons. The third-order valence-electron chi connectivity index (χ3n) is 4.83. The molecular formula is C21H26N2O2. The maximum atomic E-state index is 12.9. The van der Waals surface area contributed by atoms with Crippen LogP contribution in [0.25, 0.3) is 11.1 Å². The SMILES string of the molecule is CC(C)NC(=O)C1(Cc2cccc(-c3ccncc3)c2)CCOCC1. The van der Waals surface area contributed by atoms with Crippen LogP contribution in [0, 0.1) is 5.41 Å². The first-order valence-corrected chi connectivity index (χ1v) is 8.97. The third-order valence-corrected chi connectivity index (χ3v) is 4.83. The summed E-state index contributed by atoms with van der Waals surface area (Å²) in [6, 6.07) is 12.6. The van der Waals surface area contributed by atoms with E-state index in [0.29, 0.717) is 13.2 Å². The van der Waals surface area contributed by atoms with E-state index in [2.05, 4.69) is 34.6 Å². The first kappa shape index (κ1) is 17.6. The van der Waals surface area contributed by atoms with E-state index in [1.54, 1.807) is 12.4 Å². The molecule has 1 aromatic heterocycles. The fourth-order valence-corrected chi connectivity index (χ4v) is 3.46. The highest BCUT2D eigenvalue weighted by Gasteiger charge is 2.40. The number of amides is 1. The molecule has 2 heterocycles. The quantitative estimate of drug-likeness (QED) is 0.906. The van der Waals surface area contributed by atoms with Crippen LogP contribution >= 0.6 is 0 Å². The lowest BCUT2D eigenvalue weighted by molar-refractivity contribution is -0.137. The van der Waals surface area contributed by atoms with Gasteiger partial charge in [0.15, 0.2) is 0 Å². The molecule has 0 saturated carbocycles. The van der Waals surface area contributed by atoms with E-state index in [-0.39, 0.29) is 17.4 Å². The van der Waals surface area contributed by atoms with E-state index in [1.165, 1.54) is 5.56 Å². The van der Waals surface area contributed by atoms with Crippen molar-refractivity contribution in [2.45, 2.75) is 39.2 Å². The number of aromatic nitrogens is 1. The number of hydrogen-bond acceptors (Lipinski definition) is 3. The summed E-state index contributed by atoms with van der Waals surface area (Å²) < 4.78 is 5.52. The van der Waals surface area contributed by atoms with Gasteiger partial charge < -0.3 is 10.1 Å². The number of nitrogens with zero attached hydrogens (tertiary/aromatic N) is 1. The minimum absolute atomic E-state index is 0.148. The average molecular weight is 338 g/mol. The Balaban J connectivity index is 1.86. The van der Waals surface area contributed by atoms with Crippen LogP contribution in [-0.2, 0) is 16.0 Å². The minimum Gasteiger partial charge on any atom is -0.381 e. The van der Waals surface area contributed by atoms with Gasteiger partial charge in [0.2, 0.25) is 5.91 Å². The molecule has 0 unspecified atom stereocenters. The first-order valence-electron chi connectivity index (χ1n) is 8.97. The van der Waals surface area contributed by atoms with Crippen LogP contribution in [0.15, 0.2) is 48.8 Å². The lowest BCUT2D eigenvalue weighted by atomic mass is 9.74. The number of hydrogen-bond donors (Lipinski definition) is 1. The molecule has 0 atom stereocenters. The Hall–Kier alpha value is -2.20. The molecule has 0 radical (unpaired) electrons. The number of benzene rings is 1. The first-order chi connectivity index (χ1) is 12.1. The van der Waals surface area contributed by atoms with Crippen molar-refractivity contribution in [3.63, 3.8) is 0 Å². The van der Waals surface area contributed by atoms with Crippen LogP contribution < -0.4 is 5.32 Å². The molecule has 1 fully saturated rings. The summed E-state index contributed by atoms with van der Waals surface area (Å²) in [6.45, 7) is 5.31. The molecule has 0 bridgehead atoms. The Bertz CT molecular complexity index is 707. The van der Waals surface area contributed by atoms with Crippen molar-refractivity contribution < 1.29 is 9.53 Å². The van der Waals surface area contributed by atoms with Crippen LogP contribution in [0.5, 0.6) is 0 Å². The molecule has 3 rings (SSSR count). The molecule has 0 spiro atoms. The normalized spacial score (nSPS) is 16.6. The Morgan fingerprint density at radius 1 is 1.16 bits per heavy atom. The molecule has 1 aliphatic heterocycles. The van der Waals surface area contributed by atoms with E-state index in [1.807, 2.05) is 26.0 Å². The zero-order valence-electron chi connectivity index (χ0n) is 15.0. The van der Waals surface area contributed by atoms with E-state index in [0.717, 1.165) is 30.4 Å². The fraction of sp³-hybridized carbons (Fsp3) is 0.429. The van der Waals surface area contributed by atoms with Gasteiger partial charge in [-0.1, -0.05) is 24.3 Å². The van der Waals surface area contributed by atoms with Crippen molar-refractivity contribution in [1.29, 1.82) is 0 Å². The lowest BCUT2D eigenvalue weighted by Gasteiger charge is -2.36. The largest absolute Gasteiger partial charge is 0.381 e. The van der Waals surface area contributed by atoms with Gasteiger partial charge in [-0.05, 0) is 61.9 Å². The summed E-state index contributed by atoms with van der Waals surface area (Å²) in [6.07, 6.45) is 5.89. The van der Waals surface area contributed by atoms with Gasteiger partial charge in [-0.2, -0.15) is 0 Å². The smallest absolute Gasteiger partial charge is 0.226 e. The Morgan fingerprint density at radius 2 is 1.88 bits per heavy atom. The lowest BCUT2D eigenvalue weighted by Crippen LogP contribution is -2.48. The summed E-state index contributed by atoms with van der Waals surface area (Å²) in [7, 11) is 0. The second-order valence-electron chi connectivity index (χ2n) is 7.13. The summed E-state index contributed by atoms with van der Waals surface area (Å²) in [5.74, 6) is 0.153. The van der Waals surface area contributed by atoms with Crippen molar-refractivity contribution in [3.05, 3.63) is 54.4 Å². The molecule has 1 N–H and O–H groups in total. The number of carbonyl (C=O) groups excluding carboxylic acids is 1. The molecule has 25 heavy (non-hydrogen) atoms. The maximum absolute atomic E-state index is 12.9. The summed E-state index contributed by atoms with van der Waals surface area (Å²) in [5, 5.41) is 3.12. The Labute approximate surface area is 149 Å². The van der Waals surface area contributed by atoms with Gasteiger partial charge in [0.1, 0.15) is 0 Å². The second-order valence-corrected chi connectivity index (χ2v) is 7.13. The van der Waals surface area contributed by atoms with Gasteiger partial charge in [0, 0.05) is 31.6 Å². The molecule has 2 aromatic rings. The van der Waals surface area contributed by atoms with Gasteiger partial charge in [0.25, 0.3) is 0 Å². The van der Waals surface area contributed by atoms with Gasteiger partial charge in [-0.3, -0.25) is 9.78 Å². The zero-order valence-corrected chi connectivity index (χ0v) is 15.0. The van der Waals surface area contributed by atoms with Crippen LogP contribution in [0.2, 0.25) is 0 Å². The van der Waals surface area contributed by atoms with E-state index in [4.69, 9.17) is 4.74 Å². The molecule has 1 aromatic carbocycles. The monoisotopic (exact) mass is 338 g/mol. The summed E-state index contributed by atoms with van der Waals surface area (Å²) >= 11 is 0. The van der Waals surface area contributed by atoms with Crippen molar-refractivity contribution >= 4 is 5.91 Å². The van der Waals surface area contributed by atoms with Gasteiger partial charge >= 0.3 is 0 Å². The number of pyridine rings is 1. The van der Waals surface area contributed by atoms with Crippen molar-refractivity contribution in [3.8, 4) is 11.1 Å². The number of ether oxygens (including phenoxy) is 1. The van der Waals surface area contributed by atoms with Crippen molar-refractivity contribution in [1.82, 2.24) is 10.3 Å². The summed E-state index contributed by atoms with van der Waals surface area (Å²) in [4.78, 5) is 17.0. The van der Waals surface area contributed by atoms with Crippen LogP contribution in [0.4, 0.5) is 0 Å². The highest BCUT2D eigenvalue weighted by Crippen LogP contribution is 2.35. The highest BCUT2D eigenvalue weighted by molar-refractivity contribution is 5.83. The maximum Gasteiger partial charge on any atom is 0.226 e. The number of rotatable bonds is 5. The topological polar surface area (TPSA) is 51.2 Å². The van der Waals surface area contributed by atoms with Gasteiger partial charge in [0.05, 0.1) is 5.41 Å². The van der Waals surface area contributed by atoms with Gasteiger partial charge in [-0.15, -0.1) is 0 Å². The molecule has 1 saturated heterocycles. The molecule has 0 aliphatic carbocycles. The molecule has 1 aliphatic rings.